The van der Waals surface area contributed by atoms with Crippen molar-refractivity contribution < 1.29 is 18.7 Å². The molecule has 0 atom stereocenters. The summed E-state index contributed by atoms with van der Waals surface area (Å²) in [6.45, 7) is 6.65. The normalized spacial score (nSPS) is 16.3. The highest BCUT2D eigenvalue weighted by atomic mass is 19.1. The number of ether oxygens (including phenoxy) is 1. The molecule has 1 aromatic carbocycles. The van der Waals surface area contributed by atoms with Crippen LogP contribution in [0, 0.1) is 5.82 Å². The van der Waals surface area contributed by atoms with Crippen molar-refractivity contribution in [3.05, 3.63) is 35.1 Å². The summed E-state index contributed by atoms with van der Waals surface area (Å²) in [4.78, 5) is 25.0. The molecule has 1 aromatic rings. The van der Waals surface area contributed by atoms with E-state index in [1.54, 1.807) is 11.0 Å². The molecule has 0 radical (unpaired) electrons. The van der Waals surface area contributed by atoms with Crippen molar-refractivity contribution >= 4 is 12.0 Å². The Morgan fingerprint density at radius 1 is 1.26 bits per heavy atom. The Morgan fingerprint density at radius 3 is 2.39 bits per heavy atom. The third-order valence-corrected chi connectivity index (χ3v) is 3.87. The largest absolute Gasteiger partial charge is 0.444 e. The topological polar surface area (TPSA) is 72.6 Å². The summed E-state index contributed by atoms with van der Waals surface area (Å²) >= 11 is 0. The minimum absolute atomic E-state index is 0.0860. The van der Waals surface area contributed by atoms with Crippen molar-refractivity contribution in [2.45, 2.75) is 45.1 Å². The van der Waals surface area contributed by atoms with Crippen molar-refractivity contribution in [2.24, 2.45) is 5.73 Å². The maximum absolute atomic E-state index is 13.5. The number of carbonyl (C=O) groups excluding carboxylic acids is 2. The first-order valence-corrected chi connectivity index (χ1v) is 7.74. The van der Waals surface area contributed by atoms with Gasteiger partial charge in [0.1, 0.15) is 11.4 Å². The number of halogens is 1. The first-order valence-electron chi connectivity index (χ1n) is 7.74. The third kappa shape index (κ3) is 4.43. The number of hydrogen-bond acceptors (Lipinski definition) is 3. The van der Waals surface area contributed by atoms with E-state index in [0.29, 0.717) is 13.1 Å². The zero-order chi connectivity index (χ0) is 17.2. The van der Waals surface area contributed by atoms with E-state index in [1.807, 2.05) is 20.8 Å². The van der Waals surface area contributed by atoms with Gasteiger partial charge in [0, 0.05) is 13.1 Å². The second-order valence-electron chi connectivity index (χ2n) is 6.85. The van der Waals surface area contributed by atoms with E-state index in [2.05, 4.69) is 0 Å². The summed E-state index contributed by atoms with van der Waals surface area (Å²) in [5.74, 6) is -1.20. The number of nitrogens with zero attached hydrogens (tertiary/aromatic N) is 1. The molecular formula is C17H23FN2O3. The summed E-state index contributed by atoms with van der Waals surface area (Å²) in [5.41, 5.74) is 5.47. The lowest BCUT2D eigenvalue weighted by molar-refractivity contribution is 0.0205. The molecule has 0 aliphatic carbocycles. The zero-order valence-electron chi connectivity index (χ0n) is 13.8. The molecule has 1 heterocycles. The van der Waals surface area contributed by atoms with Gasteiger partial charge < -0.3 is 15.4 Å². The van der Waals surface area contributed by atoms with Gasteiger partial charge in [-0.05, 0) is 57.2 Å². The van der Waals surface area contributed by atoms with E-state index in [0.717, 1.165) is 18.4 Å². The molecule has 1 aliphatic rings. The molecule has 6 heteroatoms. The third-order valence-electron chi connectivity index (χ3n) is 3.87. The molecule has 2 rings (SSSR count). The average molecular weight is 322 g/mol. The Bertz CT molecular complexity index is 602. The number of rotatable bonds is 2. The summed E-state index contributed by atoms with van der Waals surface area (Å²) in [7, 11) is 0. The van der Waals surface area contributed by atoms with Gasteiger partial charge in [0.2, 0.25) is 0 Å². The molecule has 0 bridgehead atoms. The van der Waals surface area contributed by atoms with Crippen LogP contribution in [0.5, 0.6) is 0 Å². The van der Waals surface area contributed by atoms with Gasteiger partial charge in [-0.15, -0.1) is 0 Å². The second kappa shape index (κ2) is 6.56. The van der Waals surface area contributed by atoms with Crippen molar-refractivity contribution in [1.82, 2.24) is 4.90 Å². The van der Waals surface area contributed by atoms with E-state index >= 15 is 0 Å². The summed E-state index contributed by atoms with van der Waals surface area (Å²) < 4.78 is 18.9. The van der Waals surface area contributed by atoms with Gasteiger partial charge in [-0.2, -0.15) is 0 Å². The number of nitrogens with two attached hydrogens (primary N) is 1. The van der Waals surface area contributed by atoms with Gasteiger partial charge in [0.25, 0.3) is 5.91 Å². The Labute approximate surface area is 135 Å². The van der Waals surface area contributed by atoms with E-state index in [1.165, 1.54) is 12.1 Å². The number of amides is 2. The molecule has 0 aromatic heterocycles. The highest BCUT2D eigenvalue weighted by Crippen LogP contribution is 2.29. The van der Waals surface area contributed by atoms with E-state index in [-0.39, 0.29) is 17.6 Å². The number of piperidine rings is 1. The average Bonchev–Trinajstić information content (AvgIpc) is 2.46. The van der Waals surface area contributed by atoms with E-state index in [4.69, 9.17) is 10.5 Å². The summed E-state index contributed by atoms with van der Waals surface area (Å²) in [5, 5.41) is 0. The minimum Gasteiger partial charge on any atom is -0.444 e. The molecule has 1 fully saturated rings. The van der Waals surface area contributed by atoms with Crippen LogP contribution < -0.4 is 5.73 Å². The van der Waals surface area contributed by atoms with E-state index < -0.39 is 17.3 Å². The maximum Gasteiger partial charge on any atom is 0.410 e. The predicted octanol–water partition coefficient (Wildman–Crippen LogP) is 3.04. The van der Waals surface area contributed by atoms with Gasteiger partial charge in [0.05, 0.1) is 5.56 Å². The number of hydrogen-bond donors (Lipinski definition) is 1. The summed E-state index contributed by atoms with van der Waals surface area (Å²) in [6, 6.07) is 4.47. The fourth-order valence-corrected chi connectivity index (χ4v) is 2.71. The Hall–Kier alpha value is -2.11. The molecule has 0 saturated carbocycles. The number of benzene rings is 1. The Morgan fingerprint density at radius 2 is 1.87 bits per heavy atom. The van der Waals surface area contributed by atoms with Crippen molar-refractivity contribution in [1.29, 1.82) is 0 Å². The molecule has 126 valence electrons. The van der Waals surface area contributed by atoms with Crippen LogP contribution in [0.3, 0.4) is 0 Å². The lowest BCUT2D eigenvalue weighted by atomic mass is 9.88. The zero-order valence-corrected chi connectivity index (χ0v) is 13.8. The lowest BCUT2D eigenvalue weighted by Crippen LogP contribution is -2.41. The van der Waals surface area contributed by atoms with Gasteiger partial charge in [-0.25, -0.2) is 9.18 Å². The smallest absolute Gasteiger partial charge is 0.410 e. The molecule has 2 N–H and O–H groups in total. The van der Waals surface area contributed by atoms with Crippen LogP contribution in [0.25, 0.3) is 0 Å². The molecule has 0 spiro atoms. The Balaban J connectivity index is 2.01. The maximum atomic E-state index is 13.5. The standard InChI is InChI=1S/C17H23FN2O3/c1-17(2,3)23-16(22)20-8-6-11(7-9-20)12-4-5-14(18)13(10-12)15(19)21/h4-5,10-11H,6-9H2,1-3H3,(H2,19,21). The van der Waals surface area contributed by atoms with Crippen LogP contribution in [0.15, 0.2) is 18.2 Å². The van der Waals surface area contributed by atoms with Crippen LogP contribution in [0.1, 0.15) is 55.5 Å². The van der Waals surface area contributed by atoms with Crippen LogP contribution in [0.4, 0.5) is 9.18 Å². The predicted molar refractivity (Wildman–Crippen MR) is 84.7 cm³/mol. The highest BCUT2D eigenvalue weighted by molar-refractivity contribution is 5.93. The SMILES string of the molecule is CC(C)(C)OC(=O)N1CCC(c2ccc(F)c(C(N)=O)c2)CC1. The minimum atomic E-state index is -0.768. The molecule has 1 saturated heterocycles. The molecule has 1 aliphatic heterocycles. The van der Waals surface area contributed by atoms with Gasteiger partial charge in [-0.3, -0.25) is 4.79 Å². The number of likely N-dealkylation sites (tertiary alicyclic amines) is 1. The molecule has 2 amide bonds. The molecule has 23 heavy (non-hydrogen) atoms. The lowest BCUT2D eigenvalue weighted by Gasteiger charge is -2.33. The molecule has 5 nitrogen and oxygen atoms in total. The van der Waals surface area contributed by atoms with Crippen LogP contribution in [-0.4, -0.2) is 35.6 Å². The van der Waals surface area contributed by atoms with Crippen LogP contribution >= 0.6 is 0 Å². The second-order valence-corrected chi connectivity index (χ2v) is 6.85. The number of primary amides is 1. The monoisotopic (exact) mass is 322 g/mol. The Kier molecular flexibility index (Phi) is 4.92. The molecule has 0 unspecified atom stereocenters. The van der Waals surface area contributed by atoms with Gasteiger partial charge >= 0.3 is 6.09 Å². The fourth-order valence-electron chi connectivity index (χ4n) is 2.71. The fraction of sp³-hybridized carbons (Fsp3) is 0.529. The van der Waals surface area contributed by atoms with Crippen molar-refractivity contribution in [3.8, 4) is 0 Å². The summed E-state index contributed by atoms with van der Waals surface area (Å²) in [6.07, 6.45) is 1.17. The molecular weight excluding hydrogens is 299 g/mol. The quantitative estimate of drug-likeness (QED) is 0.909. The number of carbonyl (C=O) groups is 2. The highest BCUT2D eigenvalue weighted by Gasteiger charge is 2.27. The van der Waals surface area contributed by atoms with Gasteiger partial charge in [0.15, 0.2) is 0 Å². The van der Waals surface area contributed by atoms with Crippen molar-refractivity contribution in [3.63, 3.8) is 0 Å². The van der Waals surface area contributed by atoms with Crippen LogP contribution in [0.2, 0.25) is 0 Å². The van der Waals surface area contributed by atoms with Crippen LogP contribution in [-0.2, 0) is 4.74 Å². The van der Waals surface area contributed by atoms with E-state index in [9.17, 15) is 14.0 Å². The first kappa shape index (κ1) is 17.2. The first-order chi connectivity index (χ1) is 10.7. The van der Waals surface area contributed by atoms with Crippen molar-refractivity contribution in [2.75, 3.05) is 13.1 Å². The van der Waals surface area contributed by atoms with Gasteiger partial charge in [-0.1, -0.05) is 6.07 Å².